The molecule has 0 spiro atoms. The summed E-state index contributed by atoms with van der Waals surface area (Å²) in [5, 5.41) is 12.9. The second-order valence-corrected chi connectivity index (χ2v) is 5.27. The van der Waals surface area contributed by atoms with Crippen LogP contribution in [0.15, 0.2) is 48.5 Å². The summed E-state index contributed by atoms with van der Waals surface area (Å²) in [6.07, 6.45) is 0. The van der Waals surface area contributed by atoms with E-state index in [-0.39, 0.29) is 11.8 Å². The highest BCUT2D eigenvalue weighted by atomic mass is 19.1. The monoisotopic (exact) mass is 288 g/mol. The van der Waals surface area contributed by atoms with Gasteiger partial charge in [-0.25, -0.2) is 4.39 Å². The molecule has 21 heavy (non-hydrogen) atoms. The van der Waals surface area contributed by atoms with Crippen LogP contribution in [0.5, 0.6) is 5.75 Å². The van der Waals surface area contributed by atoms with Crippen LogP contribution in [-0.2, 0) is 6.54 Å². The highest BCUT2D eigenvalue weighted by Crippen LogP contribution is 2.21. The summed E-state index contributed by atoms with van der Waals surface area (Å²) in [6.45, 7) is 1.15. The Balaban J connectivity index is 1.99. The third-order valence-electron chi connectivity index (χ3n) is 3.53. The Labute approximate surface area is 125 Å². The Morgan fingerprint density at radius 3 is 2.48 bits per heavy atom. The first-order valence-corrected chi connectivity index (χ1v) is 6.98. The number of hydrogen-bond donors (Lipinski definition) is 2. The van der Waals surface area contributed by atoms with Crippen LogP contribution >= 0.6 is 0 Å². The number of hydrogen-bond acceptors (Lipinski definition) is 3. The lowest BCUT2D eigenvalue weighted by Gasteiger charge is -2.25. The lowest BCUT2D eigenvalue weighted by Crippen LogP contribution is -2.30. The van der Waals surface area contributed by atoms with Gasteiger partial charge in [0, 0.05) is 24.7 Å². The van der Waals surface area contributed by atoms with E-state index in [9.17, 15) is 9.50 Å². The molecule has 0 heterocycles. The maximum Gasteiger partial charge on any atom is 0.165 e. The van der Waals surface area contributed by atoms with Crippen LogP contribution in [-0.4, -0.2) is 30.6 Å². The third kappa shape index (κ3) is 4.03. The van der Waals surface area contributed by atoms with Crippen molar-refractivity contribution in [2.75, 3.05) is 20.6 Å². The smallest absolute Gasteiger partial charge is 0.165 e. The molecular formula is C17H21FN2O. The van der Waals surface area contributed by atoms with Gasteiger partial charge in [0.1, 0.15) is 0 Å². The Bertz CT molecular complexity index is 572. The fourth-order valence-corrected chi connectivity index (χ4v) is 2.32. The van der Waals surface area contributed by atoms with Gasteiger partial charge in [-0.2, -0.15) is 0 Å². The molecule has 0 aliphatic heterocycles. The molecule has 0 radical (unpaired) electrons. The molecule has 0 bridgehead atoms. The van der Waals surface area contributed by atoms with Crippen LogP contribution in [0.25, 0.3) is 0 Å². The van der Waals surface area contributed by atoms with Crippen molar-refractivity contribution >= 4 is 0 Å². The number of likely N-dealkylation sites (N-methyl/N-ethyl adjacent to an activating group) is 1. The van der Waals surface area contributed by atoms with Gasteiger partial charge >= 0.3 is 0 Å². The summed E-state index contributed by atoms with van der Waals surface area (Å²) in [7, 11) is 4.05. The number of halogens is 1. The molecule has 2 aromatic carbocycles. The molecule has 2 N–H and O–H groups in total. The molecule has 0 aromatic heterocycles. The normalized spacial score (nSPS) is 12.6. The molecule has 4 heteroatoms. The number of benzene rings is 2. The molecule has 2 aromatic rings. The van der Waals surface area contributed by atoms with Crippen molar-refractivity contribution in [2.24, 2.45) is 0 Å². The number of para-hydroxylation sites is 1. The van der Waals surface area contributed by atoms with Gasteiger partial charge in [0.25, 0.3) is 0 Å². The van der Waals surface area contributed by atoms with Gasteiger partial charge in [-0.1, -0.05) is 42.5 Å². The van der Waals surface area contributed by atoms with E-state index in [1.54, 1.807) is 12.1 Å². The fraction of sp³-hybridized carbons (Fsp3) is 0.294. The van der Waals surface area contributed by atoms with Crippen molar-refractivity contribution in [3.05, 3.63) is 65.5 Å². The van der Waals surface area contributed by atoms with E-state index in [1.165, 1.54) is 11.6 Å². The first-order chi connectivity index (χ1) is 10.1. The van der Waals surface area contributed by atoms with Crippen LogP contribution in [0.3, 0.4) is 0 Å². The number of phenols is 1. The molecule has 0 aliphatic rings. The van der Waals surface area contributed by atoms with Crippen LogP contribution in [0.1, 0.15) is 17.2 Å². The summed E-state index contributed by atoms with van der Waals surface area (Å²) >= 11 is 0. The highest BCUT2D eigenvalue weighted by molar-refractivity contribution is 5.33. The third-order valence-corrected chi connectivity index (χ3v) is 3.53. The largest absolute Gasteiger partial charge is 0.505 e. The van der Waals surface area contributed by atoms with Crippen molar-refractivity contribution in [2.45, 2.75) is 12.6 Å². The lowest BCUT2D eigenvalue weighted by molar-refractivity contribution is 0.287. The molecule has 0 fully saturated rings. The van der Waals surface area contributed by atoms with Crippen molar-refractivity contribution in [1.82, 2.24) is 10.2 Å². The van der Waals surface area contributed by atoms with Crippen LogP contribution in [0.4, 0.5) is 4.39 Å². The molecule has 0 amide bonds. The summed E-state index contributed by atoms with van der Waals surface area (Å²) in [5.41, 5.74) is 1.79. The number of aromatic hydroxyl groups is 1. The van der Waals surface area contributed by atoms with Gasteiger partial charge in [0.15, 0.2) is 11.6 Å². The van der Waals surface area contributed by atoms with E-state index < -0.39 is 5.82 Å². The summed E-state index contributed by atoms with van der Waals surface area (Å²) in [6, 6.07) is 15.0. The first-order valence-electron chi connectivity index (χ1n) is 6.98. The molecule has 112 valence electrons. The standard InChI is InChI=1S/C17H21FN2O/c1-20(2)16(13-7-4-3-5-8-13)12-19-11-14-9-6-10-15(18)17(14)21/h3-10,16,19,21H,11-12H2,1-2H3. The predicted octanol–water partition coefficient (Wildman–Crippen LogP) is 2.92. The Morgan fingerprint density at radius 1 is 1.10 bits per heavy atom. The van der Waals surface area contributed by atoms with E-state index in [0.29, 0.717) is 18.7 Å². The van der Waals surface area contributed by atoms with Gasteiger partial charge < -0.3 is 15.3 Å². The SMILES string of the molecule is CN(C)C(CNCc1cccc(F)c1O)c1ccccc1. The van der Waals surface area contributed by atoms with Crippen LogP contribution in [0, 0.1) is 5.82 Å². The Hall–Kier alpha value is -1.91. The molecule has 0 saturated carbocycles. The molecule has 1 atom stereocenters. The van der Waals surface area contributed by atoms with Gasteiger partial charge in [-0.15, -0.1) is 0 Å². The molecule has 0 aliphatic carbocycles. The highest BCUT2D eigenvalue weighted by Gasteiger charge is 2.13. The number of nitrogens with zero attached hydrogens (tertiary/aromatic N) is 1. The van der Waals surface area contributed by atoms with Crippen molar-refractivity contribution in [3.63, 3.8) is 0 Å². The topological polar surface area (TPSA) is 35.5 Å². The maximum atomic E-state index is 13.3. The maximum absolute atomic E-state index is 13.3. The minimum absolute atomic E-state index is 0.224. The van der Waals surface area contributed by atoms with Gasteiger partial charge in [-0.3, -0.25) is 0 Å². The van der Waals surface area contributed by atoms with E-state index in [2.05, 4.69) is 22.3 Å². The minimum Gasteiger partial charge on any atom is -0.505 e. The molecular weight excluding hydrogens is 267 g/mol. The lowest BCUT2D eigenvalue weighted by atomic mass is 10.1. The van der Waals surface area contributed by atoms with E-state index >= 15 is 0 Å². The van der Waals surface area contributed by atoms with Gasteiger partial charge in [-0.05, 0) is 25.7 Å². The van der Waals surface area contributed by atoms with Gasteiger partial charge in [0.05, 0.1) is 0 Å². The zero-order valence-electron chi connectivity index (χ0n) is 12.4. The van der Waals surface area contributed by atoms with E-state index in [4.69, 9.17) is 0 Å². The molecule has 2 rings (SSSR count). The van der Waals surface area contributed by atoms with Crippen LogP contribution in [0.2, 0.25) is 0 Å². The fourth-order valence-electron chi connectivity index (χ4n) is 2.32. The summed E-state index contributed by atoms with van der Waals surface area (Å²) < 4.78 is 13.3. The van der Waals surface area contributed by atoms with E-state index in [0.717, 1.165) is 0 Å². The summed E-state index contributed by atoms with van der Waals surface area (Å²) in [5.74, 6) is -0.854. The second kappa shape index (κ2) is 7.20. The van der Waals surface area contributed by atoms with Crippen molar-refractivity contribution < 1.29 is 9.50 Å². The predicted molar refractivity (Wildman–Crippen MR) is 82.6 cm³/mol. The van der Waals surface area contributed by atoms with Crippen LogP contribution < -0.4 is 5.32 Å². The zero-order chi connectivity index (χ0) is 15.2. The van der Waals surface area contributed by atoms with E-state index in [1.807, 2.05) is 32.3 Å². The molecule has 1 unspecified atom stereocenters. The quantitative estimate of drug-likeness (QED) is 0.858. The van der Waals surface area contributed by atoms with Gasteiger partial charge in [0.2, 0.25) is 0 Å². The number of nitrogens with one attached hydrogen (secondary N) is 1. The molecule has 0 saturated heterocycles. The first kappa shape index (κ1) is 15.5. The summed E-state index contributed by atoms with van der Waals surface area (Å²) in [4.78, 5) is 2.13. The average Bonchev–Trinajstić information content (AvgIpc) is 2.48. The molecule has 3 nitrogen and oxygen atoms in total. The Morgan fingerprint density at radius 2 is 1.81 bits per heavy atom. The average molecular weight is 288 g/mol. The van der Waals surface area contributed by atoms with Crippen molar-refractivity contribution in [3.8, 4) is 5.75 Å². The van der Waals surface area contributed by atoms with Crippen molar-refractivity contribution in [1.29, 1.82) is 0 Å². The second-order valence-electron chi connectivity index (χ2n) is 5.27. The Kier molecular flexibility index (Phi) is 5.31. The zero-order valence-corrected chi connectivity index (χ0v) is 12.4. The minimum atomic E-state index is -0.582. The number of phenolic OH excluding ortho intramolecular Hbond substituents is 1. The number of rotatable bonds is 6.